The van der Waals surface area contributed by atoms with Crippen molar-refractivity contribution in [1.82, 2.24) is 9.80 Å². The molecule has 1 fully saturated rings. The quantitative estimate of drug-likeness (QED) is 0.787. The molecule has 2 heterocycles. The van der Waals surface area contributed by atoms with Gasteiger partial charge in [-0.15, -0.1) is 11.3 Å². The van der Waals surface area contributed by atoms with Crippen molar-refractivity contribution in [1.29, 1.82) is 0 Å². The largest absolute Gasteiger partial charge is 0.377 e. The van der Waals surface area contributed by atoms with Crippen LogP contribution in [0.5, 0.6) is 0 Å². The number of piperazine rings is 1. The summed E-state index contributed by atoms with van der Waals surface area (Å²) in [7, 11) is 0. The van der Waals surface area contributed by atoms with Gasteiger partial charge in [-0.25, -0.2) is 0 Å². The lowest BCUT2D eigenvalue weighted by molar-refractivity contribution is 0.0439. The van der Waals surface area contributed by atoms with Crippen LogP contribution < -0.4 is 0 Å². The molecule has 0 saturated carbocycles. The van der Waals surface area contributed by atoms with Crippen LogP contribution in [0.1, 0.15) is 18.7 Å². The Labute approximate surface area is 114 Å². The van der Waals surface area contributed by atoms with E-state index >= 15 is 0 Å². The molecule has 0 aromatic carbocycles. The van der Waals surface area contributed by atoms with Gasteiger partial charge in [-0.2, -0.15) is 0 Å². The minimum atomic E-state index is 0.352. The van der Waals surface area contributed by atoms with Crippen molar-refractivity contribution in [2.75, 3.05) is 39.3 Å². The molecule has 4 heteroatoms. The number of ether oxygens (including phenoxy) is 1. The smallest absolute Gasteiger partial charge is 0.0596 e. The third kappa shape index (κ3) is 4.69. The second kappa shape index (κ2) is 7.24. The highest BCUT2D eigenvalue weighted by Gasteiger charge is 2.16. The Kier molecular flexibility index (Phi) is 5.63. The van der Waals surface area contributed by atoms with E-state index in [-0.39, 0.29) is 0 Å². The first-order chi connectivity index (χ1) is 8.74. The van der Waals surface area contributed by atoms with Crippen molar-refractivity contribution in [3.63, 3.8) is 0 Å². The molecule has 1 saturated heterocycles. The van der Waals surface area contributed by atoms with E-state index in [0.29, 0.717) is 6.10 Å². The SMILES string of the molecule is CC(C)OCCN1CCN(Cc2cccs2)CC1. The molecule has 0 radical (unpaired) electrons. The average molecular weight is 268 g/mol. The summed E-state index contributed by atoms with van der Waals surface area (Å²) in [4.78, 5) is 6.53. The van der Waals surface area contributed by atoms with Crippen molar-refractivity contribution < 1.29 is 4.74 Å². The molecule has 1 aliphatic rings. The number of nitrogens with zero attached hydrogens (tertiary/aromatic N) is 2. The van der Waals surface area contributed by atoms with Crippen molar-refractivity contribution in [2.24, 2.45) is 0 Å². The minimum Gasteiger partial charge on any atom is -0.377 e. The van der Waals surface area contributed by atoms with Gasteiger partial charge < -0.3 is 4.74 Å². The second-order valence-corrected chi connectivity index (χ2v) is 6.15. The molecule has 0 unspecified atom stereocenters. The van der Waals surface area contributed by atoms with E-state index in [9.17, 15) is 0 Å². The topological polar surface area (TPSA) is 15.7 Å². The van der Waals surface area contributed by atoms with Gasteiger partial charge in [-0.05, 0) is 25.3 Å². The molecule has 0 amide bonds. The number of hydrogen-bond donors (Lipinski definition) is 0. The molecule has 0 aliphatic carbocycles. The van der Waals surface area contributed by atoms with Crippen molar-refractivity contribution in [3.8, 4) is 0 Å². The molecule has 1 aliphatic heterocycles. The summed E-state index contributed by atoms with van der Waals surface area (Å²) in [5, 5.41) is 2.16. The molecule has 1 aromatic rings. The zero-order valence-electron chi connectivity index (χ0n) is 11.5. The maximum atomic E-state index is 5.60. The summed E-state index contributed by atoms with van der Waals surface area (Å²) in [6, 6.07) is 4.37. The molecule has 3 nitrogen and oxygen atoms in total. The van der Waals surface area contributed by atoms with Crippen LogP contribution in [0, 0.1) is 0 Å². The van der Waals surface area contributed by atoms with Gasteiger partial charge in [0, 0.05) is 44.1 Å². The molecule has 0 spiro atoms. The normalized spacial score (nSPS) is 18.6. The highest BCUT2D eigenvalue weighted by molar-refractivity contribution is 7.09. The first kappa shape index (κ1) is 14.0. The Morgan fingerprint density at radius 3 is 2.56 bits per heavy atom. The minimum absolute atomic E-state index is 0.352. The van der Waals surface area contributed by atoms with Gasteiger partial charge in [0.1, 0.15) is 0 Å². The molecule has 0 N–H and O–H groups in total. The van der Waals surface area contributed by atoms with Crippen LogP contribution in [0.2, 0.25) is 0 Å². The predicted octanol–water partition coefficient (Wildman–Crippen LogP) is 2.29. The number of hydrogen-bond acceptors (Lipinski definition) is 4. The maximum Gasteiger partial charge on any atom is 0.0596 e. The van der Waals surface area contributed by atoms with Gasteiger partial charge in [-0.3, -0.25) is 9.80 Å². The van der Waals surface area contributed by atoms with Gasteiger partial charge in [0.05, 0.1) is 12.7 Å². The molecule has 2 rings (SSSR count). The summed E-state index contributed by atoms with van der Waals surface area (Å²) in [5.74, 6) is 0. The van der Waals surface area contributed by atoms with Gasteiger partial charge in [0.25, 0.3) is 0 Å². The molecular weight excluding hydrogens is 244 g/mol. The van der Waals surface area contributed by atoms with E-state index in [1.54, 1.807) is 0 Å². The Morgan fingerprint density at radius 2 is 1.94 bits per heavy atom. The Morgan fingerprint density at radius 1 is 1.22 bits per heavy atom. The Balaban J connectivity index is 1.62. The fraction of sp³-hybridized carbons (Fsp3) is 0.714. The highest BCUT2D eigenvalue weighted by atomic mass is 32.1. The monoisotopic (exact) mass is 268 g/mol. The lowest BCUT2D eigenvalue weighted by Crippen LogP contribution is -2.46. The highest BCUT2D eigenvalue weighted by Crippen LogP contribution is 2.13. The second-order valence-electron chi connectivity index (χ2n) is 5.12. The van der Waals surface area contributed by atoms with E-state index in [2.05, 4.69) is 41.2 Å². The van der Waals surface area contributed by atoms with Crippen LogP contribution in [0.4, 0.5) is 0 Å². The fourth-order valence-corrected chi connectivity index (χ4v) is 2.96. The van der Waals surface area contributed by atoms with Crippen LogP contribution in [0.25, 0.3) is 0 Å². The first-order valence-electron chi connectivity index (χ1n) is 6.83. The predicted molar refractivity (Wildman–Crippen MR) is 77.1 cm³/mol. The third-order valence-electron chi connectivity index (χ3n) is 3.28. The average Bonchev–Trinajstić information content (AvgIpc) is 2.84. The molecular formula is C14H24N2OS. The van der Waals surface area contributed by atoms with E-state index in [1.807, 2.05) is 11.3 Å². The fourth-order valence-electron chi connectivity index (χ4n) is 2.21. The van der Waals surface area contributed by atoms with Crippen LogP contribution in [-0.4, -0.2) is 55.2 Å². The zero-order chi connectivity index (χ0) is 12.8. The lowest BCUT2D eigenvalue weighted by Gasteiger charge is -2.34. The Hall–Kier alpha value is -0.420. The standard InChI is InChI=1S/C14H24N2OS/c1-13(2)17-10-9-15-5-7-16(8-6-15)12-14-4-3-11-18-14/h3-4,11,13H,5-10,12H2,1-2H3. The summed E-state index contributed by atoms with van der Waals surface area (Å²) in [6.45, 7) is 12.0. The molecule has 102 valence electrons. The molecule has 0 atom stereocenters. The first-order valence-corrected chi connectivity index (χ1v) is 7.70. The van der Waals surface area contributed by atoms with E-state index in [0.717, 1.165) is 19.7 Å². The van der Waals surface area contributed by atoms with Crippen LogP contribution >= 0.6 is 11.3 Å². The summed E-state index contributed by atoms with van der Waals surface area (Å²) < 4.78 is 5.60. The molecule has 0 bridgehead atoms. The van der Waals surface area contributed by atoms with Crippen molar-refractivity contribution in [3.05, 3.63) is 22.4 Å². The van der Waals surface area contributed by atoms with E-state index in [1.165, 1.54) is 31.1 Å². The summed E-state index contributed by atoms with van der Waals surface area (Å²) in [6.07, 6.45) is 0.352. The molecule has 18 heavy (non-hydrogen) atoms. The summed E-state index contributed by atoms with van der Waals surface area (Å²) in [5.41, 5.74) is 0. The van der Waals surface area contributed by atoms with Crippen molar-refractivity contribution in [2.45, 2.75) is 26.5 Å². The van der Waals surface area contributed by atoms with Crippen LogP contribution in [0.15, 0.2) is 17.5 Å². The zero-order valence-corrected chi connectivity index (χ0v) is 12.3. The van der Waals surface area contributed by atoms with Crippen LogP contribution in [0.3, 0.4) is 0 Å². The Bertz CT molecular complexity index is 319. The van der Waals surface area contributed by atoms with E-state index in [4.69, 9.17) is 4.74 Å². The van der Waals surface area contributed by atoms with Crippen molar-refractivity contribution >= 4 is 11.3 Å². The lowest BCUT2D eigenvalue weighted by atomic mass is 10.3. The van der Waals surface area contributed by atoms with E-state index < -0.39 is 0 Å². The number of rotatable bonds is 6. The molecule has 1 aromatic heterocycles. The maximum absolute atomic E-state index is 5.60. The van der Waals surface area contributed by atoms with Crippen LogP contribution in [-0.2, 0) is 11.3 Å². The number of thiophene rings is 1. The van der Waals surface area contributed by atoms with Gasteiger partial charge in [-0.1, -0.05) is 6.07 Å². The van der Waals surface area contributed by atoms with Gasteiger partial charge >= 0.3 is 0 Å². The third-order valence-corrected chi connectivity index (χ3v) is 4.14. The summed E-state index contributed by atoms with van der Waals surface area (Å²) >= 11 is 1.86. The van der Waals surface area contributed by atoms with Gasteiger partial charge in [0.15, 0.2) is 0 Å². The van der Waals surface area contributed by atoms with Gasteiger partial charge in [0.2, 0.25) is 0 Å².